The predicted molar refractivity (Wildman–Crippen MR) is 67.2 cm³/mol. The van der Waals surface area contributed by atoms with Crippen molar-refractivity contribution in [1.82, 2.24) is 0 Å². The Balaban J connectivity index is 2.33. The highest BCUT2D eigenvalue weighted by molar-refractivity contribution is 6.32. The third-order valence-electron chi connectivity index (χ3n) is 3.63. The minimum Gasteiger partial charge on any atom is -0.495 e. The van der Waals surface area contributed by atoms with Gasteiger partial charge >= 0.3 is 0 Å². The van der Waals surface area contributed by atoms with Crippen LogP contribution in [0.4, 0.5) is 0 Å². The Bertz CT molecular complexity index is 394. The highest BCUT2D eigenvalue weighted by Crippen LogP contribution is 2.42. The molecule has 1 aliphatic carbocycles. The highest BCUT2D eigenvalue weighted by Gasteiger charge is 2.35. The van der Waals surface area contributed by atoms with Crippen molar-refractivity contribution in [3.63, 3.8) is 0 Å². The van der Waals surface area contributed by atoms with Crippen LogP contribution in [0, 0.1) is 0 Å². The van der Waals surface area contributed by atoms with Crippen LogP contribution < -0.4 is 10.5 Å². The summed E-state index contributed by atoms with van der Waals surface area (Å²) in [5.74, 6) is 0.751. The van der Waals surface area contributed by atoms with E-state index < -0.39 is 0 Å². The molecule has 2 N–H and O–H groups in total. The van der Waals surface area contributed by atoms with Crippen molar-refractivity contribution < 1.29 is 4.74 Å². The maximum Gasteiger partial charge on any atom is 0.137 e. The van der Waals surface area contributed by atoms with E-state index in [4.69, 9.17) is 22.1 Å². The summed E-state index contributed by atoms with van der Waals surface area (Å²) >= 11 is 6.03. The maximum absolute atomic E-state index is 6.03. The van der Waals surface area contributed by atoms with E-state index in [1.165, 1.54) is 5.56 Å². The van der Waals surface area contributed by atoms with Crippen LogP contribution in [0.3, 0.4) is 0 Å². The Labute approximate surface area is 102 Å². The molecule has 1 aromatic rings. The van der Waals surface area contributed by atoms with Crippen LogP contribution >= 0.6 is 11.6 Å². The maximum atomic E-state index is 6.03. The molecule has 0 bridgehead atoms. The summed E-state index contributed by atoms with van der Waals surface area (Å²) in [5.41, 5.74) is 7.45. The molecule has 0 aromatic heterocycles. The smallest absolute Gasteiger partial charge is 0.137 e. The topological polar surface area (TPSA) is 35.2 Å². The second kappa shape index (κ2) is 4.27. The first-order chi connectivity index (χ1) is 7.55. The molecular weight excluding hydrogens is 222 g/mol. The molecule has 2 rings (SSSR count). The zero-order chi connectivity index (χ0) is 11.8. The molecule has 1 saturated carbocycles. The van der Waals surface area contributed by atoms with Gasteiger partial charge in [0.05, 0.1) is 12.1 Å². The normalized spacial score (nSPS) is 29.4. The van der Waals surface area contributed by atoms with E-state index in [9.17, 15) is 0 Å². The number of nitrogens with two attached hydrogens (primary N) is 1. The number of methoxy groups -OCH3 is 1. The van der Waals surface area contributed by atoms with Crippen molar-refractivity contribution in [2.45, 2.75) is 37.6 Å². The molecule has 0 saturated heterocycles. The zero-order valence-electron chi connectivity index (χ0n) is 9.79. The number of hydrogen-bond donors (Lipinski definition) is 1. The van der Waals surface area contributed by atoms with Gasteiger partial charge in [-0.3, -0.25) is 0 Å². The van der Waals surface area contributed by atoms with E-state index in [0.717, 1.165) is 25.0 Å². The Hall–Kier alpha value is -0.730. The molecule has 2 atom stereocenters. The van der Waals surface area contributed by atoms with Crippen LogP contribution in [0.15, 0.2) is 18.2 Å². The first-order valence-corrected chi connectivity index (χ1v) is 6.02. The van der Waals surface area contributed by atoms with E-state index in [-0.39, 0.29) is 5.41 Å². The third-order valence-corrected chi connectivity index (χ3v) is 3.94. The molecule has 0 heterocycles. The number of benzene rings is 1. The molecule has 88 valence electrons. The lowest BCUT2D eigenvalue weighted by molar-refractivity contribution is 0.410. The number of hydrogen-bond acceptors (Lipinski definition) is 2. The van der Waals surface area contributed by atoms with Crippen molar-refractivity contribution in [1.29, 1.82) is 0 Å². The molecule has 2 unspecified atom stereocenters. The van der Waals surface area contributed by atoms with Gasteiger partial charge in [-0.1, -0.05) is 24.6 Å². The first kappa shape index (κ1) is 11.7. The van der Waals surface area contributed by atoms with Crippen molar-refractivity contribution in [3.8, 4) is 5.75 Å². The summed E-state index contributed by atoms with van der Waals surface area (Å²) < 4.78 is 5.25. The average Bonchev–Trinajstić information content (AvgIpc) is 2.60. The van der Waals surface area contributed by atoms with E-state index in [1.807, 2.05) is 12.1 Å². The predicted octanol–water partition coefficient (Wildman–Crippen LogP) is 3.12. The lowest BCUT2D eigenvalue weighted by atomic mass is 9.81. The lowest BCUT2D eigenvalue weighted by Crippen LogP contribution is -2.22. The summed E-state index contributed by atoms with van der Waals surface area (Å²) in [5, 5.41) is 0.664. The fourth-order valence-corrected chi connectivity index (χ4v) is 2.78. The Morgan fingerprint density at radius 1 is 1.50 bits per heavy atom. The lowest BCUT2D eigenvalue weighted by Gasteiger charge is -2.25. The summed E-state index contributed by atoms with van der Waals surface area (Å²) in [4.78, 5) is 0. The zero-order valence-corrected chi connectivity index (χ0v) is 10.6. The standard InChI is InChI=1S/C13H18ClNO/c1-13(6-5-10(15)8-13)9-3-4-11(14)12(7-9)16-2/h3-4,7,10H,5-6,8,15H2,1-2H3. The molecule has 0 amide bonds. The second-order valence-corrected chi connectivity index (χ2v) is 5.32. The molecule has 3 heteroatoms. The van der Waals surface area contributed by atoms with Gasteiger partial charge in [0.15, 0.2) is 0 Å². The molecule has 16 heavy (non-hydrogen) atoms. The molecule has 1 aromatic carbocycles. The average molecular weight is 240 g/mol. The van der Waals surface area contributed by atoms with Crippen molar-refractivity contribution in [3.05, 3.63) is 28.8 Å². The molecular formula is C13H18ClNO. The molecule has 1 aliphatic rings. The largest absolute Gasteiger partial charge is 0.495 e. The molecule has 2 nitrogen and oxygen atoms in total. The van der Waals surface area contributed by atoms with Crippen LogP contribution in [0.2, 0.25) is 5.02 Å². The number of ether oxygens (including phenoxy) is 1. The summed E-state index contributed by atoms with van der Waals surface area (Å²) in [7, 11) is 1.65. The molecule has 0 radical (unpaired) electrons. The van der Waals surface area contributed by atoms with Gasteiger partial charge in [-0.15, -0.1) is 0 Å². The van der Waals surface area contributed by atoms with Crippen LogP contribution in [0.5, 0.6) is 5.75 Å². The highest BCUT2D eigenvalue weighted by atomic mass is 35.5. The van der Waals surface area contributed by atoms with Gasteiger partial charge < -0.3 is 10.5 Å². The van der Waals surface area contributed by atoms with Crippen LogP contribution in [0.1, 0.15) is 31.7 Å². The Kier molecular flexibility index (Phi) is 3.13. The van der Waals surface area contributed by atoms with E-state index in [1.54, 1.807) is 7.11 Å². The van der Waals surface area contributed by atoms with Crippen LogP contribution in [-0.2, 0) is 5.41 Å². The van der Waals surface area contributed by atoms with Gasteiger partial charge in [-0.05, 0) is 42.4 Å². The molecule has 0 spiro atoms. The quantitative estimate of drug-likeness (QED) is 0.861. The Morgan fingerprint density at radius 3 is 2.81 bits per heavy atom. The SMILES string of the molecule is COc1cc(C2(C)CCC(N)C2)ccc1Cl. The third kappa shape index (κ3) is 2.04. The van der Waals surface area contributed by atoms with E-state index >= 15 is 0 Å². The van der Waals surface area contributed by atoms with E-state index in [0.29, 0.717) is 11.1 Å². The number of rotatable bonds is 2. The van der Waals surface area contributed by atoms with Gasteiger partial charge in [0.25, 0.3) is 0 Å². The van der Waals surface area contributed by atoms with Gasteiger partial charge in [-0.2, -0.15) is 0 Å². The molecule has 0 aliphatic heterocycles. The number of halogens is 1. The first-order valence-electron chi connectivity index (χ1n) is 5.65. The summed E-state index contributed by atoms with van der Waals surface area (Å²) in [6.07, 6.45) is 3.28. The van der Waals surface area contributed by atoms with Gasteiger partial charge in [0, 0.05) is 6.04 Å². The van der Waals surface area contributed by atoms with Gasteiger partial charge in [0.2, 0.25) is 0 Å². The van der Waals surface area contributed by atoms with E-state index in [2.05, 4.69) is 13.0 Å². The fourth-order valence-electron chi connectivity index (χ4n) is 2.58. The van der Waals surface area contributed by atoms with Crippen molar-refractivity contribution >= 4 is 11.6 Å². The van der Waals surface area contributed by atoms with Gasteiger partial charge in [0.1, 0.15) is 5.75 Å². The van der Waals surface area contributed by atoms with Crippen molar-refractivity contribution in [2.24, 2.45) is 5.73 Å². The van der Waals surface area contributed by atoms with Crippen LogP contribution in [-0.4, -0.2) is 13.2 Å². The fraction of sp³-hybridized carbons (Fsp3) is 0.538. The van der Waals surface area contributed by atoms with Crippen molar-refractivity contribution in [2.75, 3.05) is 7.11 Å². The molecule has 1 fully saturated rings. The summed E-state index contributed by atoms with van der Waals surface area (Å²) in [6.45, 7) is 2.27. The van der Waals surface area contributed by atoms with Crippen LogP contribution in [0.25, 0.3) is 0 Å². The minimum atomic E-state index is 0.178. The minimum absolute atomic E-state index is 0.178. The Morgan fingerprint density at radius 2 is 2.25 bits per heavy atom. The second-order valence-electron chi connectivity index (χ2n) is 4.91. The van der Waals surface area contributed by atoms with Gasteiger partial charge in [-0.25, -0.2) is 0 Å². The summed E-state index contributed by atoms with van der Waals surface area (Å²) in [6, 6.07) is 6.36. The monoisotopic (exact) mass is 239 g/mol.